The van der Waals surface area contributed by atoms with Crippen LogP contribution in [-0.4, -0.2) is 32.8 Å². The third kappa shape index (κ3) is 3.31. The van der Waals surface area contributed by atoms with Gasteiger partial charge in [0.05, 0.1) is 17.6 Å². The van der Waals surface area contributed by atoms with E-state index in [1.807, 2.05) is 24.3 Å². The van der Waals surface area contributed by atoms with E-state index in [0.29, 0.717) is 24.2 Å². The zero-order valence-corrected chi connectivity index (χ0v) is 14.6. The van der Waals surface area contributed by atoms with Crippen LogP contribution in [0, 0.1) is 6.92 Å². The van der Waals surface area contributed by atoms with Crippen molar-refractivity contribution in [1.82, 2.24) is 4.72 Å². The summed E-state index contributed by atoms with van der Waals surface area (Å²) in [6.07, 6.45) is 0.903. The van der Waals surface area contributed by atoms with Crippen LogP contribution in [-0.2, 0) is 22.9 Å². The fourth-order valence-corrected chi connectivity index (χ4v) is 4.50. The molecule has 24 heavy (non-hydrogen) atoms. The monoisotopic (exact) mass is 347 g/mol. The minimum Gasteiger partial charge on any atom is -0.497 e. The number of hydrogen-bond donors (Lipinski definition) is 2. The Balaban J connectivity index is 1.75. The van der Waals surface area contributed by atoms with Crippen molar-refractivity contribution in [2.24, 2.45) is 0 Å². The smallest absolute Gasteiger partial charge is 0.240 e. The molecule has 0 saturated heterocycles. The number of methoxy groups -OCH3 is 1. The molecule has 128 valence electrons. The third-order valence-electron chi connectivity index (χ3n) is 4.42. The lowest BCUT2D eigenvalue weighted by Crippen LogP contribution is -2.43. The largest absolute Gasteiger partial charge is 0.497 e. The maximum atomic E-state index is 12.6. The van der Waals surface area contributed by atoms with Crippen LogP contribution in [0.15, 0.2) is 47.4 Å². The number of aryl methyl sites for hydroxylation is 1. The lowest BCUT2D eigenvalue weighted by molar-refractivity contribution is 0.0567. The second kappa shape index (κ2) is 6.20. The number of benzene rings is 2. The lowest BCUT2D eigenvalue weighted by Gasteiger charge is -2.23. The van der Waals surface area contributed by atoms with Crippen LogP contribution in [0.2, 0.25) is 0 Å². The molecule has 0 radical (unpaired) electrons. The van der Waals surface area contributed by atoms with E-state index in [1.54, 1.807) is 19.1 Å². The van der Waals surface area contributed by atoms with Crippen molar-refractivity contribution in [2.75, 3.05) is 13.7 Å². The minimum atomic E-state index is -3.69. The van der Waals surface area contributed by atoms with Gasteiger partial charge in [-0.05, 0) is 41.8 Å². The van der Waals surface area contributed by atoms with Gasteiger partial charge in [-0.3, -0.25) is 0 Å². The van der Waals surface area contributed by atoms with Gasteiger partial charge in [0.15, 0.2) is 0 Å². The first-order valence-corrected chi connectivity index (χ1v) is 9.25. The highest BCUT2D eigenvalue weighted by atomic mass is 32.2. The number of rotatable bonds is 5. The molecule has 3 rings (SSSR count). The van der Waals surface area contributed by atoms with E-state index in [-0.39, 0.29) is 11.4 Å². The summed E-state index contributed by atoms with van der Waals surface area (Å²) in [7, 11) is -2.16. The molecule has 2 aromatic rings. The molecule has 2 aromatic carbocycles. The number of hydrogen-bond acceptors (Lipinski definition) is 4. The van der Waals surface area contributed by atoms with E-state index in [1.165, 1.54) is 13.2 Å². The van der Waals surface area contributed by atoms with Crippen molar-refractivity contribution in [3.8, 4) is 5.75 Å². The Labute approximate surface area is 142 Å². The van der Waals surface area contributed by atoms with Crippen LogP contribution in [0.5, 0.6) is 5.75 Å². The summed E-state index contributed by atoms with van der Waals surface area (Å²) < 4.78 is 32.8. The van der Waals surface area contributed by atoms with E-state index in [4.69, 9.17) is 4.74 Å². The molecule has 0 amide bonds. The highest BCUT2D eigenvalue weighted by Gasteiger charge is 2.36. The van der Waals surface area contributed by atoms with Gasteiger partial charge in [-0.25, -0.2) is 13.1 Å². The predicted octanol–water partition coefficient (Wildman–Crippen LogP) is 1.81. The fourth-order valence-electron chi connectivity index (χ4n) is 3.16. The second-order valence-electron chi connectivity index (χ2n) is 6.30. The maximum absolute atomic E-state index is 12.6. The molecule has 0 atom stereocenters. The molecule has 0 fully saturated rings. The van der Waals surface area contributed by atoms with Crippen LogP contribution < -0.4 is 9.46 Å². The van der Waals surface area contributed by atoms with Gasteiger partial charge in [-0.2, -0.15) is 0 Å². The maximum Gasteiger partial charge on any atom is 0.240 e. The number of ether oxygens (including phenoxy) is 1. The van der Waals surface area contributed by atoms with Gasteiger partial charge < -0.3 is 9.84 Å². The summed E-state index contributed by atoms with van der Waals surface area (Å²) in [6, 6.07) is 12.6. The predicted molar refractivity (Wildman–Crippen MR) is 91.7 cm³/mol. The van der Waals surface area contributed by atoms with Gasteiger partial charge in [0.25, 0.3) is 0 Å². The molecule has 0 aliphatic heterocycles. The Morgan fingerprint density at radius 3 is 2.33 bits per heavy atom. The van der Waals surface area contributed by atoms with Gasteiger partial charge in [0, 0.05) is 19.4 Å². The third-order valence-corrected chi connectivity index (χ3v) is 5.98. The number of sulfonamides is 1. The van der Waals surface area contributed by atoms with Crippen molar-refractivity contribution in [3.63, 3.8) is 0 Å². The van der Waals surface area contributed by atoms with Crippen LogP contribution in [0.3, 0.4) is 0 Å². The average molecular weight is 347 g/mol. The number of fused-ring (bicyclic) bond motifs is 1. The molecular weight excluding hydrogens is 326 g/mol. The zero-order chi connectivity index (χ0) is 17.4. The summed E-state index contributed by atoms with van der Waals surface area (Å²) in [4.78, 5) is 0.197. The molecule has 0 saturated carbocycles. The minimum absolute atomic E-state index is 0.0184. The quantitative estimate of drug-likeness (QED) is 0.865. The summed E-state index contributed by atoms with van der Waals surface area (Å²) in [5, 5.41) is 10.7. The van der Waals surface area contributed by atoms with Crippen molar-refractivity contribution < 1.29 is 18.3 Å². The van der Waals surface area contributed by atoms with Gasteiger partial charge >= 0.3 is 0 Å². The van der Waals surface area contributed by atoms with E-state index in [9.17, 15) is 13.5 Å². The highest BCUT2D eigenvalue weighted by molar-refractivity contribution is 7.89. The SMILES string of the molecule is COc1ccc(S(=O)(=O)NCC2(O)Cc3ccccc3C2)c(C)c1. The Hall–Kier alpha value is -1.89. The van der Waals surface area contributed by atoms with Gasteiger partial charge in [0.1, 0.15) is 5.75 Å². The first-order valence-electron chi connectivity index (χ1n) is 7.76. The van der Waals surface area contributed by atoms with E-state index >= 15 is 0 Å². The standard InChI is InChI=1S/C18H21NO4S/c1-13-9-16(23-2)7-8-17(13)24(21,22)19-12-18(20)10-14-5-3-4-6-15(14)11-18/h3-9,19-20H,10-12H2,1-2H3. The van der Waals surface area contributed by atoms with Crippen molar-refractivity contribution in [1.29, 1.82) is 0 Å². The van der Waals surface area contributed by atoms with E-state index in [2.05, 4.69) is 4.72 Å². The summed E-state index contributed by atoms with van der Waals surface area (Å²) in [5.41, 5.74) is 1.65. The van der Waals surface area contributed by atoms with Crippen LogP contribution >= 0.6 is 0 Å². The summed E-state index contributed by atoms with van der Waals surface area (Å²) >= 11 is 0. The molecule has 1 aliphatic carbocycles. The Morgan fingerprint density at radius 1 is 1.17 bits per heavy atom. The molecule has 0 aromatic heterocycles. The average Bonchev–Trinajstić information content (AvgIpc) is 2.89. The first kappa shape index (κ1) is 17.0. The summed E-state index contributed by atoms with van der Waals surface area (Å²) in [6.45, 7) is 1.70. The molecule has 6 heteroatoms. The van der Waals surface area contributed by atoms with Crippen molar-refractivity contribution >= 4 is 10.0 Å². The van der Waals surface area contributed by atoms with Crippen LogP contribution in [0.1, 0.15) is 16.7 Å². The van der Waals surface area contributed by atoms with Crippen LogP contribution in [0.25, 0.3) is 0 Å². The highest BCUT2D eigenvalue weighted by Crippen LogP contribution is 2.30. The second-order valence-corrected chi connectivity index (χ2v) is 8.04. The Bertz CT molecular complexity index is 836. The van der Waals surface area contributed by atoms with Gasteiger partial charge in [-0.15, -0.1) is 0 Å². The molecule has 2 N–H and O–H groups in total. The normalized spacial score (nSPS) is 16.0. The van der Waals surface area contributed by atoms with E-state index < -0.39 is 15.6 Å². The number of nitrogens with one attached hydrogen (secondary N) is 1. The van der Waals surface area contributed by atoms with Gasteiger partial charge in [-0.1, -0.05) is 24.3 Å². The van der Waals surface area contributed by atoms with Crippen LogP contribution in [0.4, 0.5) is 0 Å². The first-order chi connectivity index (χ1) is 11.3. The zero-order valence-electron chi connectivity index (χ0n) is 13.7. The molecule has 0 unspecified atom stereocenters. The number of aliphatic hydroxyl groups is 1. The Morgan fingerprint density at radius 2 is 1.79 bits per heavy atom. The summed E-state index contributed by atoms with van der Waals surface area (Å²) in [5.74, 6) is 0.608. The van der Waals surface area contributed by atoms with Crippen molar-refractivity contribution in [2.45, 2.75) is 30.3 Å². The molecule has 0 bridgehead atoms. The molecular formula is C18H21NO4S. The van der Waals surface area contributed by atoms with E-state index in [0.717, 1.165) is 11.1 Å². The van der Waals surface area contributed by atoms with Gasteiger partial charge in [0.2, 0.25) is 10.0 Å². The molecule has 0 heterocycles. The molecule has 0 spiro atoms. The molecule has 1 aliphatic rings. The topological polar surface area (TPSA) is 75.6 Å². The fraction of sp³-hybridized carbons (Fsp3) is 0.333. The van der Waals surface area contributed by atoms with Crippen molar-refractivity contribution in [3.05, 3.63) is 59.2 Å². The molecule has 5 nitrogen and oxygen atoms in total. The Kier molecular flexibility index (Phi) is 4.38. The lowest BCUT2D eigenvalue weighted by atomic mass is 10.0.